The molecule has 4 rings (SSSR count). The van der Waals surface area contributed by atoms with Gasteiger partial charge in [0, 0.05) is 6.54 Å². The van der Waals surface area contributed by atoms with Gasteiger partial charge in [0.05, 0.1) is 30.7 Å². The average Bonchev–Trinajstić information content (AvgIpc) is 3.45. The first kappa shape index (κ1) is 21.6. The van der Waals surface area contributed by atoms with Crippen LogP contribution >= 0.6 is 11.3 Å². The second kappa shape index (κ2) is 9.28. The molecule has 1 unspecified atom stereocenters. The summed E-state index contributed by atoms with van der Waals surface area (Å²) in [5.74, 6) is -0.0226. The fraction of sp³-hybridized carbons (Fsp3) is 0.200. The Morgan fingerprint density at radius 3 is 2.44 bits per heavy atom. The standard InChI is InChI=1S/C25H23NO5S/c1-30-18-10-8-16(9-11-18)12-13-26-22(17-5-3-6-19(15-17)31-2)21(24(28)25(26)29)23(27)20-7-4-14-32-20/h3-11,14-15,22,28H,12-13H2,1-2H3. The van der Waals surface area contributed by atoms with Crippen LogP contribution in [0.2, 0.25) is 0 Å². The van der Waals surface area contributed by atoms with Gasteiger partial charge in [-0.15, -0.1) is 11.3 Å². The maximum absolute atomic E-state index is 13.3. The van der Waals surface area contributed by atoms with Crippen LogP contribution in [-0.2, 0) is 11.2 Å². The summed E-state index contributed by atoms with van der Waals surface area (Å²) in [7, 11) is 3.17. The van der Waals surface area contributed by atoms with E-state index in [4.69, 9.17) is 9.47 Å². The number of hydrogen-bond donors (Lipinski definition) is 1. The third kappa shape index (κ3) is 4.11. The van der Waals surface area contributed by atoms with Crippen molar-refractivity contribution in [1.29, 1.82) is 0 Å². The molecule has 3 aromatic rings. The number of aliphatic hydroxyl groups excluding tert-OH is 1. The first-order chi connectivity index (χ1) is 15.5. The minimum atomic E-state index is -0.703. The van der Waals surface area contributed by atoms with E-state index in [1.54, 1.807) is 48.8 Å². The number of methoxy groups -OCH3 is 2. The van der Waals surface area contributed by atoms with Crippen LogP contribution in [0, 0.1) is 0 Å². The van der Waals surface area contributed by atoms with Gasteiger partial charge in [-0.2, -0.15) is 0 Å². The number of Topliss-reactive ketones (excluding diaryl/α,β-unsaturated/α-hetero) is 1. The molecule has 0 saturated heterocycles. The predicted octanol–water partition coefficient (Wildman–Crippen LogP) is 4.59. The number of ether oxygens (including phenoxy) is 2. The van der Waals surface area contributed by atoms with Crippen molar-refractivity contribution in [2.24, 2.45) is 0 Å². The molecule has 32 heavy (non-hydrogen) atoms. The lowest BCUT2D eigenvalue weighted by molar-refractivity contribution is -0.129. The van der Waals surface area contributed by atoms with Crippen LogP contribution in [0.5, 0.6) is 11.5 Å². The number of rotatable bonds is 8. The van der Waals surface area contributed by atoms with Crippen molar-refractivity contribution in [3.05, 3.63) is 93.4 Å². The monoisotopic (exact) mass is 449 g/mol. The lowest BCUT2D eigenvalue weighted by Gasteiger charge is -2.27. The molecule has 1 atom stereocenters. The molecule has 1 aliphatic rings. The summed E-state index contributed by atoms with van der Waals surface area (Å²) in [5, 5.41) is 12.5. The molecule has 1 amide bonds. The van der Waals surface area contributed by atoms with Gasteiger partial charge >= 0.3 is 0 Å². The Balaban J connectivity index is 1.69. The Labute approximate surface area is 190 Å². The van der Waals surface area contributed by atoms with Crippen LogP contribution in [-0.4, -0.2) is 42.5 Å². The van der Waals surface area contributed by atoms with Crippen molar-refractivity contribution in [2.75, 3.05) is 20.8 Å². The van der Waals surface area contributed by atoms with Gasteiger partial charge in [0.1, 0.15) is 11.5 Å². The topological polar surface area (TPSA) is 76.1 Å². The van der Waals surface area contributed by atoms with Gasteiger partial charge in [0.25, 0.3) is 5.91 Å². The van der Waals surface area contributed by atoms with Crippen LogP contribution < -0.4 is 9.47 Å². The summed E-state index contributed by atoms with van der Waals surface area (Å²) < 4.78 is 10.5. The normalized spacial score (nSPS) is 15.9. The molecule has 1 N–H and O–H groups in total. The number of thiophene rings is 1. The van der Waals surface area contributed by atoms with E-state index in [0.29, 0.717) is 29.2 Å². The second-order valence-corrected chi connectivity index (χ2v) is 8.29. The fourth-order valence-corrected chi connectivity index (χ4v) is 4.53. The number of hydrogen-bond acceptors (Lipinski definition) is 6. The highest BCUT2D eigenvalue weighted by atomic mass is 32.1. The van der Waals surface area contributed by atoms with Gasteiger partial charge in [-0.1, -0.05) is 30.3 Å². The molecule has 164 valence electrons. The van der Waals surface area contributed by atoms with Crippen molar-refractivity contribution in [2.45, 2.75) is 12.5 Å². The van der Waals surface area contributed by atoms with E-state index in [9.17, 15) is 14.7 Å². The summed E-state index contributed by atoms with van der Waals surface area (Å²) in [6.07, 6.45) is 0.559. The van der Waals surface area contributed by atoms with Crippen LogP contribution in [0.15, 0.2) is 77.4 Å². The number of aliphatic hydroxyl groups is 1. The Morgan fingerprint density at radius 1 is 1.03 bits per heavy atom. The van der Waals surface area contributed by atoms with E-state index < -0.39 is 17.7 Å². The minimum absolute atomic E-state index is 0.0976. The molecular formula is C25H23NO5S. The smallest absolute Gasteiger partial charge is 0.290 e. The van der Waals surface area contributed by atoms with Gasteiger partial charge in [0.2, 0.25) is 5.78 Å². The van der Waals surface area contributed by atoms with Crippen LogP contribution in [0.25, 0.3) is 0 Å². The number of ketones is 1. The molecule has 1 aromatic heterocycles. The van der Waals surface area contributed by atoms with Gasteiger partial charge in [-0.3, -0.25) is 9.59 Å². The Kier molecular flexibility index (Phi) is 6.28. The number of nitrogens with zero attached hydrogens (tertiary/aromatic N) is 1. The van der Waals surface area contributed by atoms with E-state index in [-0.39, 0.29) is 11.4 Å². The molecule has 6 nitrogen and oxygen atoms in total. The van der Waals surface area contributed by atoms with Crippen LogP contribution in [0.1, 0.15) is 26.8 Å². The SMILES string of the molecule is COc1ccc(CCN2C(=O)C(O)=C(C(=O)c3cccs3)C2c2cccc(OC)c2)cc1. The lowest BCUT2D eigenvalue weighted by atomic mass is 9.95. The molecular weight excluding hydrogens is 426 g/mol. The van der Waals surface area contributed by atoms with Crippen molar-refractivity contribution >= 4 is 23.0 Å². The Bertz CT molecular complexity index is 1150. The van der Waals surface area contributed by atoms with Gasteiger partial charge in [-0.05, 0) is 53.3 Å². The van der Waals surface area contributed by atoms with Crippen LogP contribution in [0.3, 0.4) is 0 Å². The average molecular weight is 450 g/mol. The first-order valence-electron chi connectivity index (χ1n) is 10.1. The summed E-state index contributed by atoms with van der Waals surface area (Å²) >= 11 is 1.28. The zero-order valence-electron chi connectivity index (χ0n) is 17.8. The molecule has 0 aliphatic carbocycles. The molecule has 2 heterocycles. The lowest BCUT2D eigenvalue weighted by Crippen LogP contribution is -2.33. The minimum Gasteiger partial charge on any atom is -0.503 e. The van der Waals surface area contributed by atoms with E-state index in [1.807, 2.05) is 36.4 Å². The number of carbonyl (C=O) groups is 2. The molecule has 1 aliphatic heterocycles. The predicted molar refractivity (Wildman–Crippen MR) is 122 cm³/mol. The summed E-state index contributed by atoms with van der Waals surface area (Å²) in [4.78, 5) is 28.4. The summed E-state index contributed by atoms with van der Waals surface area (Å²) in [6, 6.07) is 17.6. The summed E-state index contributed by atoms with van der Waals surface area (Å²) in [6.45, 7) is 0.332. The number of amides is 1. The largest absolute Gasteiger partial charge is 0.503 e. The van der Waals surface area contributed by atoms with Gasteiger partial charge in [0.15, 0.2) is 5.76 Å². The second-order valence-electron chi connectivity index (χ2n) is 7.34. The maximum Gasteiger partial charge on any atom is 0.290 e. The van der Waals surface area contributed by atoms with Gasteiger partial charge in [-0.25, -0.2) is 0 Å². The molecule has 2 aromatic carbocycles. The Morgan fingerprint density at radius 2 is 1.78 bits per heavy atom. The fourth-order valence-electron chi connectivity index (χ4n) is 3.86. The highest BCUT2D eigenvalue weighted by Gasteiger charge is 2.43. The number of carbonyl (C=O) groups excluding carboxylic acids is 2. The molecule has 0 bridgehead atoms. The van der Waals surface area contributed by atoms with E-state index >= 15 is 0 Å². The zero-order chi connectivity index (χ0) is 22.7. The zero-order valence-corrected chi connectivity index (χ0v) is 18.6. The first-order valence-corrected chi connectivity index (χ1v) is 11.0. The quantitative estimate of drug-likeness (QED) is 0.509. The van der Waals surface area contributed by atoms with Crippen molar-refractivity contribution in [3.63, 3.8) is 0 Å². The third-order valence-corrected chi connectivity index (χ3v) is 6.37. The van der Waals surface area contributed by atoms with E-state index in [2.05, 4.69) is 0 Å². The number of benzene rings is 2. The molecule has 7 heteroatoms. The van der Waals surface area contributed by atoms with Crippen molar-refractivity contribution in [3.8, 4) is 11.5 Å². The highest BCUT2D eigenvalue weighted by Crippen LogP contribution is 2.40. The molecule has 0 fully saturated rings. The van der Waals surface area contributed by atoms with Crippen molar-refractivity contribution in [1.82, 2.24) is 4.90 Å². The van der Waals surface area contributed by atoms with E-state index in [0.717, 1.165) is 11.3 Å². The molecule has 0 radical (unpaired) electrons. The maximum atomic E-state index is 13.3. The van der Waals surface area contributed by atoms with Gasteiger partial charge < -0.3 is 19.5 Å². The van der Waals surface area contributed by atoms with Crippen molar-refractivity contribution < 1.29 is 24.2 Å². The molecule has 0 spiro atoms. The van der Waals surface area contributed by atoms with Crippen LogP contribution in [0.4, 0.5) is 0 Å². The highest BCUT2D eigenvalue weighted by molar-refractivity contribution is 7.12. The third-order valence-electron chi connectivity index (χ3n) is 5.50. The Hall–Kier alpha value is -3.58. The summed E-state index contributed by atoms with van der Waals surface area (Å²) in [5.41, 5.74) is 1.82. The van der Waals surface area contributed by atoms with E-state index in [1.165, 1.54) is 11.3 Å². The molecule has 0 saturated carbocycles.